The maximum absolute atomic E-state index is 12.6. The Morgan fingerprint density at radius 1 is 1.46 bits per heavy atom. The summed E-state index contributed by atoms with van der Waals surface area (Å²) in [7, 11) is 0. The molecule has 0 radical (unpaired) electrons. The van der Waals surface area contributed by atoms with E-state index in [4.69, 9.17) is 20.9 Å². The van der Waals surface area contributed by atoms with Crippen molar-refractivity contribution in [2.24, 2.45) is 0 Å². The van der Waals surface area contributed by atoms with Gasteiger partial charge in [0.25, 0.3) is 0 Å². The van der Waals surface area contributed by atoms with E-state index in [1.54, 1.807) is 24.0 Å². The number of nitrogens with zero attached hydrogens (tertiary/aromatic N) is 3. The van der Waals surface area contributed by atoms with Crippen LogP contribution in [0, 0.1) is 0 Å². The minimum absolute atomic E-state index is 0.0496. The first-order valence-corrected chi connectivity index (χ1v) is 8.75. The lowest BCUT2D eigenvalue weighted by atomic mass is 9.98. The van der Waals surface area contributed by atoms with E-state index < -0.39 is 5.97 Å². The van der Waals surface area contributed by atoms with Crippen molar-refractivity contribution in [3.05, 3.63) is 41.0 Å². The van der Waals surface area contributed by atoms with Crippen LogP contribution in [0.15, 0.2) is 29.1 Å². The van der Waals surface area contributed by atoms with Crippen LogP contribution in [0.5, 0.6) is 0 Å². The number of esters is 1. The molecule has 3 rings (SSSR count). The van der Waals surface area contributed by atoms with Gasteiger partial charge in [-0.05, 0) is 38.0 Å². The molecule has 9 heteroatoms. The van der Waals surface area contributed by atoms with E-state index in [2.05, 4.69) is 15.5 Å². The van der Waals surface area contributed by atoms with E-state index in [0.29, 0.717) is 24.6 Å². The maximum Gasteiger partial charge on any atom is 0.339 e. The number of nitrogens with one attached hydrogen (secondary N) is 1. The summed E-state index contributed by atoms with van der Waals surface area (Å²) >= 11 is 6.04. The molecule has 2 heterocycles. The van der Waals surface area contributed by atoms with Crippen LogP contribution in [0.3, 0.4) is 0 Å². The SMILES string of the molecule is CCOC(=O)c1cc(NC(=O)N2CCC[C@H](c3ncon3)C2)ccc1Cl. The maximum atomic E-state index is 12.6. The highest BCUT2D eigenvalue weighted by Crippen LogP contribution is 2.26. The zero-order chi connectivity index (χ0) is 18.5. The fourth-order valence-corrected chi connectivity index (χ4v) is 3.10. The van der Waals surface area contributed by atoms with Crippen LogP contribution in [0.25, 0.3) is 0 Å². The summed E-state index contributed by atoms with van der Waals surface area (Å²) in [6, 6.07) is 4.46. The molecular formula is C17H19ClN4O4. The van der Waals surface area contributed by atoms with Gasteiger partial charge in [-0.2, -0.15) is 4.98 Å². The molecule has 0 bridgehead atoms. The minimum Gasteiger partial charge on any atom is -0.462 e. The third-order valence-corrected chi connectivity index (χ3v) is 4.49. The van der Waals surface area contributed by atoms with Crippen molar-refractivity contribution in [1.29, 1.82) is 0 Å². The molecule has 0 aliphatic carbocycles. The summed E-state index contributed by atoms with van der Waals surface area (Å²) in [6.07, 6.45) is 3.04. The molecule has 1 aromatic heterocycles. The summed E-state index contributed by atoms with van der Waals surface area (Å²) in [5, 5.41) is 6.94. The third kappa shape index (κ3) is 4.13. The molecule has 1 N–H and O–H groups in total. The Hall–Kier alpha value is -2.61. The third-order valence-electron chi connectivity index (χ3n) is 4.17. The van der Waals surface area contributed by atoms with Gasteiger partial charge in [-0.1, -0.05) is 16.8 Å². The van der Waals surface area contributed by atoms with Gasteiger partial charge in [0.1, 0.15) is 0 Å². The van der Waals surface area contributed by atoms with E-state index in [1.807, 2.05) is 0 Å². The first kappa shape index (κ1) is 18.2. The average molecular weight is 379 g/mol. The van der Waals surface area contributed by atoms with Crippen LogP contribution in [0.4, 0.5) is 10.5 Å². The van der Waals surface area contributed by atoms with E-state index in [0.717, 1.165) is 12.8 Å². The fourth-order valence-electron chi connectivity index (χ4n) is 2.90. The van der Waals surface area contributed by atoms with Gasteiger partial charge in [-0.25, -0.2) is 9.59 Å². The molecule has 1 aliphatic rings. The minimum atomic E-state index is -0.524. The molecule has 1 aromatic carbocycles. The molecule has 1 saturated heterocycles. The summed E-state index contributed by atoms with van der Waals surface area (Å²) < 4.78 is 9.76. The number of carbonyl (C=O) groups excluding carboxylic acids is 2. The molecule has 138 valence electrons. The Morgan fingerprint density at radius 2 is 2.31 bits per heavy atom. The Balaban J connectivity index is 1.67. The Morgan fingerprint density at radius 3 is 3.04 bits per heavy atom. The van der Waals surface area contributed by atoms with Crippen molar-refractivity contribution in [3.8, 4) is 0 Å². The number of piperidine rings is 1. The second kappa shape index (κ2) is 8.18. The molecule has 0 spiro atoms. The molecule has 1 fully saturated rings. The Labute approximate surface area is 155 Å². The van der Waals surface area contributed by atoms with Gasteiger partial charge in [0.15, 0.2) is 5.82 Å². The van der Waals surface area contributed by atoms with Gasteiger partial charge >= 0.3 is 12.0 Å². The highest BCUT2D eigenvalue weighted by molar-refractivity contribution is 6.33. The van der Waals surface area contributed by atoms with Crippen LogP contribution < -0.4 is 5.32 Å². The second-order valence-electron chi connectivity index (χ2n) is 5.92. The molecule has 2 aromatic rings. The summed E-state index contributed by atoms with van der Waals surface area (Å²) in [5.41, 5.74) is 0.693. The topological polar surface area (TPSA) is 97.6 Å². The van der Waals surface area contributed by atoms with Gasteiger partial charge in [0, 0.05) is 24.7 Å². The summed E-state index contributed by atoms with van der Waals surface area (Å²) in [6.45, 7) is 3.10. The van der Waals surface area contributed by atoms with E-state index in [1.165, 1.54) is 12.5 Å². The average Bonchev–Trinajstić information content (AvgIpc) is 3.18. The lowest BCUT2D eigenvalue weighted by molar-refractivity contribution is 0.0526. The van der Waals surface area contributed by atoms with Crippen molar-refractivity contribution in [1.82, 2.24) is 15.0 Å². The van der Waals surface area contributed by atoms with Gasteiger partial charge in [-0.3, -0.25) is 0 Å². The lowest BCUT2D eigenvalue weighted by Crippen LogP contribution is -2.41. The van der Waals surface area contributed by atoms with Crippen molar-refractivity contribution in [3.63, 3.8) is 0 Å². The van der Waals surface area contributed by atoms with Gasteiger partial charge in [-0.15, -0.1) is 0 Å². The molecule has 1 aliphatic heterocycles. The van der Waals surface area contributed by atoms with Gasteiger partial charge in [0.2, 0.25) is 6.39 Å². The van der Waals surface area contributed by atoms with Gasteiger partial charge in [0.05, 0.1) is 17.2 Å². The zero-order valence-corrected chi connectivity index (χ0v) is 15.0. The van der Waals surface area contributed by atoms with Crippen molar-refractivity contribution >= 4 is 29.3 Å². The summed E-state index contributed by atoms with van der Waals surface area (Å²) in [4.78, 5) is 30.3. The zero-order valence-electron chi connectivity index (χ0n) is 14.3. The molecule has 26 heavy (non-hydrogen) atoms. The number of ether oxygens (including phenoxy) is 1. The molecule has 0 saturated carbocycles. The fraction of sp³-hybridized carbons (Fsp3) is 0.412. The molecule has 8 nitrogen and oxygen atoms in total. The van der Waals surface area contributed by atoms with Gasteiger partial charge < -0.3 is 19.5 Å². The normalized spacial score (nSPS) is 17.0. The lowest BCUT2D eigenvalue weighted by Gasteiger charge is -2.31. The first-order chi connectivity index (χ1) is 12.6. The number of urea groups is 1. The number of anilines is 1. The smallest absolute Gasteiger partial charge is 0.339 e. The van der Waals surface area contributed by atoms with E-state index in [9.17, 15) is 9.59 Å². The number of carbonyl (C=O) groups is 2. The highest BCUT2D eigenvalue weighted by Gasteiger charge is 2.27. The van der Waals surface area contributed by atoms with Crippen LogP contribution >= 0.6 is 11.6 Å². The van der Waals surface area contributed by atoms with E-state index in [-0.39, 0.29) is 29.1 Å². The molecule has 1 atom stereocenters. The number of hydrogen-bond donors (Lipinski definition) is 1. The molecular weight excluding hydrogens is 360 g/mol. The van der Waals surface area contributed by atoms with E-state index >= 15 is 0 Å². The Kier molecular flexibility index (Phi) is 5.72. The number of rotatable bonds is 4. The highest BCUT2D eigenvalue weighted by atomic mass is 35.5. The predicted molar refractivity (Wildman–Crippen MR) is 94.3 cm³/mol. The number of amides is 2. The standard InChI is InChI=1S/C17H19ClN4O4/c1-2-25-16(23)13-8-12(5-6-14(13)18)20-17(24)22-7-3-4-11(9-22)15-19-10-26-21-15/h5-6,8,10-11H,2-4,7,9H2,1H3,(H,20,24)/t11-/m0/s1. The number of halogens is 1. The predicted octanol–water partition coefficient (Wildman–Crippen LogP) is 3.31. The first-order valence-electron chi connectivity index (χ1n) is 8.37. The number of hydrogen-bond acceptors (Lipinski definition) is 6. The quantitative estimate of drug-likeness (QED) is 0.819. The number of aromatic nitrogens is 2. The second-order valence-corrected chi connectivity index (χ2v) is 6.33. The Bertz CT molecular complexity index is 781. The van der Waals surface area contributed by atoms with Crippen LogP contribution in [-0.4, -0.2) is 46.7 Å². The molecule has 2 amide bonds. The monoisotopic (exact) mass is 378 g/mol. The molecule has 0 unspecified atom stereocenters. The van der Waals surface area contributed by atoms with Crippen molar-refractivity contribution in [2.75, 3.05) is 25.0 Å². The summed E-state index contributed by atoms with van der Waals surface area (Å²) in [5.74, 6) is 0.135. The van der Waals surface area contributed by atoms with Crippen molar-refractivity contribution in [2.45, 2.75) is 25.7 Å². The largest absolute Gasteiger partial charge is 0.462 e. The van der Waals surface area contributed by atoms with Crippen LogP contribution in [0.2, 0.25) is 5.02 Å². The number of benzene rings is 1. The van der Waals surface area contributed by atoms with Crippen LogP contribution in [-0.2, 0) is 4.74 Å². The number of likely N-dealkylation sites (tertiary alicyclic amines) is 1. The van der Waals surface area contributed by atoms with Crippen molar-refractivity contribution < 1.29 is 18.8 Å². The van der Waals surface area contributed by atoms with Crippen LogP contribution in [0.1, 0.15) is 41.9 Å².